The van der Waals surface area contributed by atoms with Gasteiger partial charge in [-0.1, -0.05) is 107 Å². The number of amides is 4. The Bertz CT molecular complexity index is 1480. The summed E-state index contributed by atoms with van der Waals surface area (Å²) in [7, 11) is 0. The van der Waals surface area contributed by atoms with Crippen LogP contribution in [0.5, 0.6) is 0 Å². The molecule has 1 aliphatic rings. The number of benzene rings is 3. The summed E-state index contributed by atoms with van der Waals surface area (Å²) in [5.74, 6) is -1.75. The summed E-state index contributed by atoms with van der Waals surface area (Å²) in [6, 6.07) is 22.2. The molecule has 5 N–H and O–H groups in total. The Kier molecular flexibility index (Phi) is 12.5. The van der Waals surface area contributed by atoms with E-state index in [1.54, 1.807) is 0 Å². The molecule has 0 aromatic heterocycles. The molecule has 10 heteroatoms. The van der Waals surface area contributed by atoms with Gasteiger partial charge in [-0.25, -0.2) is 4.79 Å². The monoisotopic (exact) mass is 642 g/mol. The first-order chi connectivity index (χ1) is 22.6. The van der Waals surface area contributed by atoms with Crippen LogP contribution in [-0.4, -0.2) is 60.3 Å². The molecular formula is C37H46N4O6. The first-order valence-corrected chi connectivity index (χ1v) is 16.2. The van der Waals surface area contributed by atoms with E-state index in [1.165, 1.54) is 0 Å². The lowest BCUT2D eigenvalue weighted by molar-refractivity contribution is -0.133. The highest BCUT2D eigenvalue weighted by atomic mass is 16.5. The number of ether oxygens (including phenoxy) is 1. The van der Waals surface area contributed by atoms with Crippen LogP contribution < -0.4 is 21.3 Å². The third-order valence-electron chi connectivity index (χ3n) is 8.12. The van der Waals surface area contributed by atoms with Gasteiger partial charge in [-0.15, -0.1) is 0 Å². The fraction of sp³-hybridized carbons (Fsp3) is 0.405. The van der Waals surface area contributed by atoms with Gasteiger partial charge in [-0.05, 0) is 52.5 Å². The molecule has 1 aliphatic carbocycles. The van der Waals surface area contributed by atoms with E-state index in [9.17, 15) is 24.3 Å². The molecule has 10 nitrogen and oxygen atoms in total. The van der Waals surface area contributed by atoms with Crippen LogP contribution in [0.3, 0.4) is 0 Å². The Hall–Kier alpha value is -4.70. The number of alkyl carbamates (subject to hydrolysis) is 1. The summed E-state index contributed by atoms with van der Waals surface area (Å²) in [5, 5.41) is 20.8. The molecule has 0 fully saturated rings. The Morgan fingerprint density at radius 2 is 1.15 bits per heavy atom. The number of aliphatic hydroxyl groups excluding tert-OH is 1. The smallest absolute Gasteiger partial charge is 0.407 e. The largest absolute Gasteiger partial charge is 0.449 e. The average Bonchev–Trinajstić information content (AvgIpc) is 3.37. The second-order valence-electron chi connectivity index (χ2n) is 12.8. The van der Waals surface area contributed by atoms with Gasteiger partial charge in [0, 0.05) is 12.5 Å². The number of fused-ring (bicyclic) bond motifs is 3. The number of nitrogens with one attached hydrogen (secondary N) is 4. The molecule has 0 saturated heterocycles. The fourth-order valence-corrected chi connectivity index (χ4v) is 5.84. The van der Waals surface area contributed by atoms with Crippen LogP contribution >= 0.6 is 0 Å². The number of hydrogen-bond acceptors (Lipinski definition) is 6. The number of rotatable bonds is 15. The van der Waals surface area contributed by atoms with E-state index in [-0.39, 0.29) is 36.7 Å². The molecule has 0 radical (unpaired) electrons. The van der Waals surface area contributed by atoms with E-state index in [0.29, 0.717) is 13.0 Å². The average molecular weight is 643 g/mol. The Morgan fingerprint density at radius 3 is 1.70 bits per heavy atom. The number of hydrogen-bond donors (Lipinski definition) is 5. The first kappa shape index (κ1) is 35.2. The van der Waals surface area contributed by atoms with E-state index in [0.717, 1.165) is 27.8 Å². The van der Waals surface area contributed by atoms with Crippen molar-refractivity contribution in [1.29, 1.82) is 0 Å². The van der Waals surface area contributed by atoms with Gasteiger partial charge in [0.1, 0.15) is 24.7 Å². The fourth-order valence-electron chi connectivity index (χ4n) is 5.84. The lowest BCUT2D eigenvalue weighted by atomic mass is 9.98. The summed E-state index contributed by atoms with van der Waals surface area (Å²) in [6.07, 6.45) is -0.129. The zero-order valence-electron chi connectivity index (χ0n) is 27.5. The van der Waals surface area contributed by atoms with Crippen molar-refractivity contribution in [1.82, 2.24) is 21.3 Å². The Labute approximate surface area is 276 Å². The molecule has 0 spiro atoms. The zero-order valence-corrected chi connectivity index (χ0v) is 27.5. The molecule has 47 heavy (non-hydrogen) atoms. The summed E-state index contributed by atoms with van der Waals surface area (Å²) in [6.45, 7) is 7.35. The quantitative estimate of drug-likeness (QED) is 0.168. The van der Waals surface area contributed by atoms with Gasteiger partial charge >= 0.3 is 6.09 Å². The Balaban J connectivity index is 1.36. The summed E-state index contributed by atoms with van der Waals surface area (Å²) < 4.78 is 5.65. The number of carbonyl (C=O) groups excluding carboxylic acids is 4. The molecule has 250 valence electrons. The lowest BCUT2D eigenvalue weighted by Gasteiger charge is -2.25. The van der Waals surface area contributed by atoms with Gasteiger partial charge < -0.3 is 31.1 Å². The topological polar surface area (TPSA) is 146 Å². The van der Waals surface area contributed by atoms with Gasteiger partial charge in [-0.3, -0.25) is 14.4 Å². The third kappa shape index (κ3) is 9.65. The lowest BCUT2D eigenvalue weighted by Crippen LogP contribution is -2.58. The third-order valence-corrected chi connectivity index (χ3v) is 8.12. The van der Waals surface area contributed by atoms with Crippen molar-refractivity contribution < 1.29 is 29.0 Å². The van der Waals surface area contributed by atoms with Crippen LogP contribution in [0, 0.1) is 11.8 Å². The van der Waals surface area contributed by atoms with E-state index in [4.69, 9.17) is 4.74 Å². The zero-order chi connectivity index (χ0) is 33.9. The van der Waals surface area contributed by atoms with Crippen molar-refractivity contribution >= 4 is 23.8 Å². The number of carbonyl (C=O) groups is 4. The molecular weight excluding hydrogens is 596 g/mol. The van der Waals surface area contributed by atoms with Crippen molar-refractivity contribution in [2.45, 2.75) is 71.1 Å². The van der Waals surface area contributed by atoms with E-state index in [1.807, 2.05) is 107 Å². The minimum Gasteiger partial charge on any atom is -0.449 e. The molecule has 4 rings (SSSR count). The van der Waals surface area contributed by atoms with Crippen molar-refractivity contribution in [2.24, 2.45) is 11.8 Å². The van der Waals surface area contributed by atoms with E-state index >= 15 is 0 Å². The highest BCUT2D eigenvalue weighted by molar-refractivity contribution is 5.94. The summed E-state index contributed by atoms with van der Waals surface area (Å²) in [4.78, 5) is 52.6. The van der Waals surface area contributed by atoms with Gasteiger partial charge in [0.2, 0.25) is 17.7 Å². The Morgan fingerprint density at radius 1 is 0.660 bits per heavy atom. The van der Waals surface area contributed by atoms with Crippen LogP contribution in [0.25, 0.3) is 11.1 Å². The van der Waals surface area contributed by atoms with E-state index < -0.39 is 42.6 Å². The maximum Gasteiger partial charge on any atom is 0.407 e. The normalized spacial score (nSPS) is 14.0. The molecule has 0 saturated carbocycles. The molecule has 0 unspecified atom stereocenters. The second-order valence-corrected chi connectivity index (χ2v) is 12.8. The summed E-state index contributed by atoms with van der Waals surface area (Å²) >= 11 is 0. The van der Waals surface area contributed by atoms with Gasteiger partial charge in [-0.2, -0.15) is 0 Å². The van der Waals surface area contributed by atoms with Gasteiger partial charge in [0.25, 0.3) is 0 Å². The highest BCUT2D eigenvalue weighted by Crippen LogP contribution is 2.44. The maximum atomic E-state index is 13.4. The van der Waals surface area contributed by atoms with Crippen molar-refractivity contribution in [2.75, 3.05) is 13.2 Å². The first-order valence-electron chi connectivity index (χ1n) is 16.2. The molecule has 0 bridgehead atoms. The minimum atomic E-state index is -1.34. The molecule has 3 aromatic rings. The standard InChI is InChI=1S/C37H46N4O6/c1-23(2)18-31(34(43)38-20-25-12-6-5-7-13-25)39-36(45)33(21-42)40-35(44)32(19-24(3)4)41-37(46)47-22-30-28-16-10-8-14-26(28)27-15-9-11-17-29(27)30/h5-17,23-24,30-33,42H,18-22H2,1-4H3,(H,38,43)(H,39,45)(H,40,44)(H,41,46)/t31-,32-,33-/m0/s1. The van der Waals surface area contributed by atoms with Crippen LogP contribution in [0.1, 0.15) is 63.1 Å². The maximum absolute atomic E-state index is 13.4. The van der Waals surface area contributed by atoms with Crippen LogP contribution in [-0.2, 0) is 25.7 Å². The molecule has 3 atom stereocenters. The molecule has 3 aromatic carbocycles. The predicted octanol–water partition coefficient (Wildman–Crippen LogP) is 4.26. The molecule has 4 amide bonds. The molecule has 0 heterocycles. The highest BCUT2D eigenvalue weighted by Gasteiger charge is 2.32. The predicted molar refractivity (Wildman–Crippen MR) is 180 cm³/mol. The van der Waals surface area contributed by atoms with Crippen molar-refractivity contribution in [3.05, 3.63) is 95.6 Å². The van der Waals surface area contributed by atoms with Crippen molar-refractivity contribution in [3.8, 4) is 11.1 Å². The minimum absolute atomic E-state index is 0.0183. The van der Waals surface area contributed by atoms with E-state index in [2.05, 4.69) is 21.3 Å². The van der Waals surface area contributed by atoms with Crippen molar-refractivity contribution in [3.63, 3.8) is 0 Å². The van der Waals surface area contributed by atoms with Gasteiger partial charge in [0.05, 0.1) is 6.61 Å². The second kappa shape index (κ2) is 16.7. The molecule has 0 aliphatic heterocycles. The SMILES string of the molecule is CC(C)C[C@H](NC(=O)OCC1c2ccccc2-c2ccccc21)C(=O)N[C@@H](CO)C(=O)N[C@@H](CC(C)C)C(=O)NCc1ccccc1. The summed E-state index contributed by atoms with van der Waals surface area (Å²) in [5.41, 5.74) is 5.26. The van der Waals surface area contributed by atoms with Crippen LogP contribution in [0.2, 0.25) is 0 Å². The number of aliphatic hydroxyl groups is 1. The van der Waals surface area contributed by atoms with Gasteiger partial charge in [0.15, 0.2) is 0 Å². The van der Waals surface area contributed by atoms with Crippen LogP contribution in [0.4, 0.5) is 4.79 Å². The van der Waals surface area contributed by atoms with Crippen LogP contribution in [0.15, 0.2) is 78.9 Å².